The topological polar surface area (TPSA) is 75.6 Å². The summed E-state index contributed by atoms with van der Waals surface area (Å²) in [5.74, 6) is -0.491. The molecule has 20 heavy (non-hydrogen) atoms. The Morgan fingerprint density at radius 2 is 1.85 bits per heavy atom. The lowest BCUT2D eigenvalue weighted by atomic mass is 9.79. The maximum absolute atomic E-state index is 11.9. The molecule has 116 valence electrons. The minimum atomic E-state index is -0.831. The van der Waals surface area contributed by atoms with Gasteiger partial charge in [0.2, 0.25) is 5.91 Å². The Balaban J connectivity index is 2.31. The lowest BCUT2D eigenvalue weighted by molar-refractivity contribution is -0.149. The molecular weight excluding hydrogens is 258 g/mol. The van der Waals surface area contributed by atoms with E-state index < -0.39 is 11.4 Å². The monoisotopic (exact) mass is 285 g/mol. The van der Waals surface area contributed by atoms with E-state index in [1.54, 1.807) is 0 Å². The normalized spacial score (nSPS) is 22.1. The Morgan fingerprint density at radius 3 is 2.30 bits per heavy atom. The van der Waals surface area contributed by atoms with E-state index in [9.17, 15) is 14.7 Å². The number of rotatable bonds is 9. The van der Waals surface area contributed by atoms with Gasteiger partial charge in [-0.05, 0) is 38.5 Å². The van der Waals surface area contributed by atoms with Gasteiger partial charge in [0, 0.05) is 19.6 Å². The molecule has 1 rings (SSSR count). The highest BCUT2D eigenvalue weighted by Gasteiger charge is 2.36. The van der Waals surface area contributed by atoms with Crippen LogP contribution in [0.3, 0.4) is 0 Å². The van der Waals surface area contributed by atoms with Gasteiger partial charge in [-0.25, -0.2) is 0 Å². The molecule has 5 heteroatoms. The van der Waals surface area contributed by atoms with Crippen molar-refractivity contribution in [1.82, 2.24) is 5.32 Å². The molecule has 1 amide bonds. The van der Waals surface area contributed by atoms with Gasteiger partial charge >= 0.3 is 5.97 Å². The van der Waals surface area contributed by atoms with Crippen LogP contribution in [0.25, 0.3) is 0 Å². The van der Waals surface area contributed by atoms with Gasteiger partial charge in [-0.1, -0.05) is 13.8 Å². The van der Waals surface area contributed by atoms with Crippen molar-refractivity contribution in [3.63, 3.8) is 0 Å². The van der Waals surface area contributed by atoms with Gasteiger partial charge in [-0.15, -0.1) is 0 Å². The van der Waals surface area contributed by atoms with Crippen LogP contribution in [0.5, 0.6) is 0 Å². The molecule has 0 saturated heterocycles. The van der Waals surface area contributed by atoms with Crippen molar-refractivity contribution in [1.29, 1.82) is 0 Å². The van der Waals surface area contributed by atoms with E-state index in [2.05, 4.69) is 5.32 Å². The maximum atomic E-state index is 11.9. The lowest BCUT2D eigenvalue weighted by Crippen LogP contribution is -2.43. The molecule has 0 aliphatic heterocycles. The second kappa shape index (κ2) is 7.62. The molecule has 1 saturated carbocycles. The van der Waals surface area contributed by atoms with Crippen LogP contribution >= 0.6 is 0 Å². The highest BCUT2D eigenvalue weighted by Crippen LogP contribution is 2.32. The number of carbonyl (C=O) groups excluding carboxylic acids is 1. The van der Waals surface area contributed by atoms with Crippen molar-refractivity contribution in [2.75, 3.05) is 13.2 Å². The van der Waals surface area contributed by atoms with E-state index in [1.807, 2.05) is 20.8 Å². The van der Waals surface area contributed by atoms with Crippen LogP contribution in [-0.4, -0.2) is 36.2 Å². The number of carboxylic acid groups (broad SMARTS) is 1. The first-order valence-electron chi connectivity index (χ1n) is 7.59. The summed E-state index contributed by atoms with van der Waals surface area (Å²) < 4.78 is 5.46. The zero-order valence-corrected chi connectivity index (χ0v) is 12.8. The third kappa shape index (κ3) is 4.20. The first-order valence-corrected chi connectivity index (χ1v) is 7.59. The molecule has 0 bridgehead atoms. The molecule has 0 spiro atoms. The summed E-state index contributed by atoms with van der Waals surface area (Å²) in [7, 11) is 0. The van der Waals surface area contributed by atoms with Crippen molar-refractivity contribution >= 4 is 11.9 Å². The SMILES string of the molecule is CCOC1CC(CC(=O)NCC(CC)(CC)C(=O)O)C1. The van der Waals surface area contributed by atoms with Crippen molar-refractivity contribution < 1.29 is 19.4 Å². The molecule has 1 aliphatic carbocycles. The summed E-state index contributed by atoms with van der Waals surface area (Å²) in [5.41, 5.74) is -0.830. The number of amides is 1. The number of carboxylic acids is 1. The highest BCUT2D eigenvalue weighted by atomic mass is 16.5. The number of aliphatic carboxylic acids is 1. The Labute approximate surface area is 121 Å². The van der Waals surface area contributed by atoms with Crippen molar-refractivity contribution in [3.8, 4) is 0 Å². The Hall–Kier alpha value is -1.10. The average Bonchev–Trinajstić information content (AvgIpc) is 2.37. The maximum Gasteiger partial charge on any atom is 0.311 e. The summed E-state index contributed by atoms with van der Waals surface area (Å²) in [6.45, 7) is 6.61. The van der Waals surface area contributed by atoms with Crippen molar-refractivity contribution in [2.24, 2.45) is 11.3 Å². The minimum Gasteiger partial charge on any atom is -0.481 e. The Morgan fingerprint density at radius 1 is 1.25 bits per heavy atom. The molecule has 1 fully saturated rings. The number of carbonyl (C=O) groups is 2. The first kappa shape index (κ1) is 17.0. The van der Waals surface area contributed by atoms with Gasteiger partial charge in [-0.3, -0.25) is 9.59 Å². The second-order valence-corrected chi connectivity index (χ2v) is 5.69. The van der Waals surface area contributed by atoms with Crippen LogP contribution in [0, 0.1) is 11.3 Å². The van der Waals surface area contributed by atoms with E-state index in [0.29, 0.717) is 31.3 Å². The number of ether oxygens (including phenoxy) is 1. The first-order chi connectivity index (χ1) is 9.47. The van der Waals surface area contributed by atoms with Crippen LogP contribution < -0.4 is 5.32 Å². The van der Waals surface area contributed by atoms with Gasteiger partial charge < -0.3 is 15.2 Å². The molecule has 2 N–H and O–H groups in total. The molecule has 1 aliphatic rings. The van der Waals surface area contributed by atoms with E-state index in [4.69, 9.17) is 4.74 Å². The number of hydrogen-bond donors (Lipinski definition) is 2. The van der Waals surface area contributed by atoms with Crippen molar-refractivity contribution in [2.45, 2.75) is 59.0 Å². The summed E-state index contributed by atoms with van der Waals surface area (Å²) in [4.78, 5) is 23.2. The van der Waals surface area contributed by atoms with E-state index in [-0.39, 0.29) is 12.5 Å². The predicted octanol–water partition coefficient (Wildman–Crippen LogP) is 2.20. The fourth-order valence-corrected chi connectivity index (χ4v) is 2.69. The van der Waals surface area contributed by atoms with Gasteiger partial charge in [0.25, 0.3) is 0 Å². The smallest absolute Gasteiger partial charge is 0.311 e. The van der Waals surface area contributed by atoms with Crippen LogP contribution in [0.15, 0.2) is 0 Å². The molecule has 5 nitrogen and oxygen atoms in total. The Bertz CT molecular complexity index is 333. The quantitative estimate of drug-likeness (QED) is 0.681. The average molecular weight is 285 g/mol. The summed E-state index contributed by atoms with van der Waals surface area (Å²) in [5, 5.41) is 12.1. The molecule has 0 atom stereocenters. The number of nitrogens with one attached hydrogen (secondary N) is 1. The fraction of sp³-hybridized carbons (Fsp3) is 0.867. The lowest BCUT2D eigenvalue weighted by Gasteiger charge is -2.35. The zero-order valence-electron chi connectivity index (χ0n) is 12.8. The molecule has 0 aromatic heterocycles. The zero-order chi connectivity index (χ0) is 15.2. The fourth-order valence-electron chi connectivity index (χ4n) is 2.69. The van der Waals surface area contributed by atoms with Gasteiger partial charge in [0.05, 0.1) is 11.5 Å². The molecule has 0 aromatic carbocycles. The van der Waals surface area contributed by atoms with Gasteiger partial charge in [-0.2, -0.15) is 0 Å². The van der Waals surface area contributed by atoms with Crippen LogP contribution in [0.2, 0.25) is 0 Å². The van der Waals surface area contributed by atoms with Gasteiger partial charge in [0.1, 0.15) is 0 Å². The molecule has 0 radical (unpaired) electrons. The van der Waals surface area contributed by atoms with E-state index in [1.165, 1.54) is 0 Å². The number of hydrogen-bond acceptors (Lipinski definition) is 3. The Kier molecular flexibility index (Phi) is 6.46. The molecule has 0 unspecified atom stereocenters. The standard InChI is InChI=1S/C15H27NO4/c1-4-15(5-2,14(18)19)10-16-13(17)9-11-7-12(8-11)20-6-3/h11-12H,4-10H2,1-3H3,(H,16,17)(H,18,19). The largest absolute Gasteiger partial charge is 0.481 e. The second-order valence-electron chi connectivity index (χ2n) is 5.69. The summed E-state index contributed by atoms with van der Waals surface area (Å²) in [6, 6.07) is 0. The predicted molar refractivity (Wildman–Crippen MR) is 76.4 cm³/mol. The molecule has 0 aromatic rings. The van der Waals surface area contributed by atoms with Crippen LogP contribution in [0.4, 0.5) is 0 Å². The molecule has 0 heterocycles. The van der Waals surface area contributed by atoms with Crippen molar-refractivity contribution in [3.05, 3.63) is 0 Å². The summed E-state index contributed by atoms with van der Waals surface area (Å²) >= 11 is 0. The molecular formula is C15H27NO4. The third-order valence-corrected chi connectivity index (χ3v) is 4.50. The van der Waals surface area contributed by atoms with Crippen LogP contribution in [-0.2, 0) is 14.3 Å². The van der Waals surface area contributed by atoms with E-state index >= 15 is 0 Å². The van der Waals surface area contributed by atoms with Crippen LogP contribution in [0.1, 0.15) is 52.9 Å². The summed E-state index contributed by atoms with van der Waals surface area (Å²) in [6.07, 6.45) is 3.71. The van der Waals surface area contributed by atoms with Gasteiger partial charge in [0.15, 0.2) is 0 Å². The highest BCUT2D eigenvalue weighted by molar-refractivity contribution is 5.79. The third-order valence-electron chi connectivity index (χ3n) is 4.50. The van der Waals surface area contributed by atoms with E-state index in [0.717, 1.165) is 19.4 Å². The minimum absolute atomic E-state index is 0.0440.